The highest BCUT2D eigenvalue weighted by Crippen LogP contribution is 2.30. The maximum Gasteiger partial charge on any atom is 0.247 e. The molecule has 1 aromatic heterocycles. The van der Waals surface area contributed by atoms with E-state index in [2.05, 4.69) is 11.4 Å². The Labute approximate surface area is 152 Å². The molecule has 2 aromatic rings. The average Bonchev–Trinajstić information content (AvgIpc) is 3.34. The van der Waals surface area contributed by atoms with Crippen molar-refractivity contribution in [3.05, 3.63) is 52.2 Å². The summed E-state index contributed by atoms with van der Waals surface area (Å²) in [5.41, 5.74) is 2.11. The molecule has 1 aliphatic carbocycles. The monoisotopic (exact) mass is 357 g/mol. The van der Waals surface area contributed by atoms with Crippen molar-refractivity contribution >= 4 is 23.3 Å². The molecule has 1 aromatic carbocycles. The van der Waals surface area contributed by atoms with Gasteiger partial charge in [0.15, 0.2) is 11.5 Å². The van der Waals surface area contributed by atoms with E-state index < -0.39 is 0 Å². The zero-order valence-corrected chi connectivity index (χ0v) is 15.4. The number of benzene rings is 1. The van der Waals surface area contributed by atoms with E-state index in [1.165, 1.54) is 5.56 Å². The fourth-order valence-corrected chi connectivity index (χ4v) is 3.34. The summed E-state index contributed by atoms with van der Waals surface area (Å²) in [5, 5.41) is 4.15. The Balaban J connectivity index is 1.70. The summed E-state index contributed by atoms with van der Waals surface area (Å²) >= 11 is 1.66. The highest BCUT2D eigenvalue weighted by Gasteiger charge is 2.31. The zero-order valence-electron chi connectivity index (χ0n) is 14.6. The molecular formula is C20H23NO3S. The first-order valence-corrected chi connectivity index (χ1v) is 9.46. The molecule has 0 spiro atoms. The summed E-state index contributed by atoms with van der Waals surface area (Å²) in [7, 11) is 1.62. The van der Waals surface area contributed by atoms with Crippen molar-refractivity contribution in [3.63, 3.8) is 0 Å². The number of methoxy groups -OCH3 is 1. The second-order valence-electron chi connectivity index (χ2n) is 6.01. The molecule has 1 fully saturated rings. The van der Waals surface area contributed by atoms with E-state index in [1.54, 1.807) is 24.5 Å². The SMILES string of the molecule is CCOc1ccc(/C=C/C(=O)N(Cc2ccsc2)C2CC2)cc1OC. The molecule has 1 aliphatic rings. The van der Waals surface area contributed by atoms with Crippen LogP contribution in [0.25, 0.3) is 6.08 Å². The van der Waals surface area contributed by atoms with E-state index in [4.69, 9.17) is 9.47 Å². The Morgan fingerprint density at radius 2 is 2.16 bits per heavy atom. The number of carbonyl (C=O) groups is 1. The van der Waals surface area contributed by atoms with Crippen LogP contribution in [0.1, 0.15) is 30.9 Å². The molecule has 1 saturated carbocycles. The van der Waals surface area contributed by atoms with Crippen molar-refractivity contribution in [2.45, 2.75) is 32.4 Å². The molecular weight excluding hydrogens is 334 g/mol. The summed E-state index contributed by atoms with van der Waals surface area (Å²) in [6.07, 6.45) is 5.69. The van der Waals surface area contributed by atoms with Crippen LogP contribution >= 0.6 is 11.3 Å². The third kappa shape index (κ3) is 4.63. The van der Waals surface area contributed by atoms with E-state index >= 15 is 0 Å². The van der Waals surface area contributed by atoms with E-state index in [-0.39, 0.29) is 5.91 Å². The molecule has 4 nitrogen and oxygen atoms in total. The second-order valence-corrected chi connectivity index (χ2v) is 6.79. The Morgan fingerprint density at radius 1 is 1.32 bits per heavy atom. The maximum atomic E-state index is 12.6. The molecule has 0 atom stereocenters. The molecule has 132 valence electrons. The molecule has 0 saturated heterocycles. The number of nitrogens with zero attached hydrogens (tertiary/aromatic N) is 1. The van der Waals surface area contributed by atoms with E-state index in [1.807, 2.05) is 41.5 Å². The summed E-state index contributed by atoms with van der Waals surface area (Å²) < 4.78 is 10.9. The Hall–Kier alpha value is -2.27. The second kappa shape index (κ2) is 8.21. The Bertz CT molecular complexity index is 735. The van der Waals surface area contributed by atoms with Crippen LogP contribution in [0.4, 0.5) is 0 Å². The van der Waals surface area contributed by atoms with Crippen molar-refractivity contribution < 1.29 is 14.3 Å². The lowest BCUT2D eigenvalue weighted by Gasteiger charge is -2.20. The average molecular weight is 357 g/mol. The smallest absolute Gasteiger partial charge is 0.247 e. The van der Waals surface area contributed by atoms with Crippen LogP contribution in [0, 0.1) is 0 Å². The third-order valence-electron chi connectivity index (χ3n) is 4.11. The van der Waals surface area contributed by atoms with Crippen molar-refractivity contribution in [3.8, 4) is 11.5 Å². The Kier molecular flexibility index (Phi) is 5.76. The number of ether oxygens (including phenoxy) is 2. The number of hydrogen-bond acceptors (Lipinski definition) is 4. The van der Waals surface area contributed by atoms with Crippen molar-refractivity contribution in [1.29, 1.82) is 0 Å². The third-order valence-corrected chi connectivity index (χ3v) is 4.84. The predicted molar refractivity (Wildman–Crippen MR) is 101 cm³/mol. The van der Waals surface area contributed by atoms with Gasteiger partial charge in [-0.2, -0.15) is 11.3 Å². The van der Waals surface area contributed by atoms with Crippen LogP contribution < -0.4 is 9.47 Å². The molecule has 0 radical (unpaired) electrons. The zero-order chi connectivity index (χ0) is 17.6. The topological polar surface area (TPSA) is 38.8 Å². The minimum absolute atomic E-state index is 0.0570. The van der Waals surface area contributed by atoms with Gasteiger partial charge in [-0.25, -0.2) is 0 Å². The van der Waals surface area contributed by atoms with Gasteiger partial charge in [-0.1, -0.05) is 6.07 Å². The van der Waals surface area contributed by atoms with Gasteiger partial charge in [0.25, 0.3) is 0 Å². The van der Waals surface area contributed by atoms with Crippen LogP contribution in [0.15, 0.2) is 41.1 Å². The summed E-state index contributed by atoms with van der Waals surface area (Å²) in [6.45, 7) is 3.21. The predicted octanol–water partition coefficient (Wildman–Crippen LogP) is 4.36. The fraction of sp³-hybridized carbons (Fsp3) is 0.350. The molecule has 0 aliphatic heterocycles. The first-order chi connectivity index (χ1) is 12.2. The van der Waals surface area contributed by atoms with Gasteiger partial charge in [0.1, 0.15) is 0 Å². The molecule has 1 amide bonds. The molecule has 3 rings (SSSR count). The first kappa shape index (κ1) is 17.5. The number of rotatable bonds is 8. The lowest BCUT2D eigenvalue weighted by atomic mass is 10.2. The molecule has 1 heterocycles. The van der Waals surface area contributed by atoms with Gasteiger partial charge in [-0.3, -0.25) is 4.79 Å². The maximum absolute atomic E-state index is 12.6. The normalized spacial score (nSPS) is 13.8. The van der Waals surface area contributed by atoms with Gasteiger partial charge >= 0.3 is 0 Å². The minimum Gasteiger partial charge on any atom is -0.493 e. The van der Waals surface area contributed by atoms with Gasteiger partial charge in [0.2, 0.25) is 5.91 Å². The highest BCUT2D eigenvalue weighted by molar-refractivity contribution is 7.07. The molecule has 0 bridgehead atoms. The van der Waals surface area contributed by atoms with Gasteiger partial charge in [0, 0.05) is 18.7 Å². The molecule has 0 unspecified atom stereocenters. The lowest BCUT2D eigenvalue weighted by Crippen LogP contribution is -2.30. The number of amides is 1. The molecule has 25 heavy (non-hydrogen) atoms. The fourth-order valence-electron chi connectivity index (χ4n) is 2.68. The highest BCUT2D eigenvalue weighted by atomic mass is 32.1. The Morgan fingerprint density at radius 3 is 2.80 bits per heavy atom. The largest absolute Gasteiger partial charge is 0.493 e. The summed E-state index contributed by atoms with van der Waals surface area (Å²) in [6, 6.07) is 8.14. The van der Waals surface area contributed by atoms with Crippen LogP contribution in [-0.2, 0) is 11.3 Å². The van der Waals surface area contributed by atoms with Crippen molar-refractivity contribution in [1.82, 2.24) is 4.90 Å². The quantitative estimate of drug-likeness (QED) is 0.659. The van der Waals surface area contributed by atoms with Crippen LogP contribution in [0.2, 0.25) is 0 Å². The van der Waals surface area contributed by atoms with E-state index in [0.717, 1.165) is 18.4 Å². The summed E-state index contributed by atoms with van der Waals surface area (Å²) in [4.78, 5) is 14.6. The van der Waals surface area contributed by atoms with Gasteiger partial charge in [0.05, 0.1) is 13.7 Å². The van der Waals surface area contributed by atoms with Gasteiger partial charge in [-0.05, 0) is 65.9 Å². The number of thiophene rings is 1. The van der Waals surface area contributed by atoms with E-state index in [9.17, 15) is 4.79 Å². The number of hydrogen-bond donors (Lipinski definition) is 0. The summed E-state index contributed by atoms with van der Waals surface area (Å²) in [5.74, 6) is 1.45. The van der Waals surface area contributed by atoms with E-state index in [0.29, 0.717) is 30.7 Å². The van der Waals surface area contributed by atoms with Crippen molar-refractivity contribution in [2.75, 3.05) is 13.7 Å². The van der Waals surface area contributed by atoms with Gasteiger partial charge in [-0.15, -0.1) is 0 Å². The van der Waals surface area contributed by atoms with Crippen molar-refractivity contribution in [2.24, 2.45) is 0 Å². The standard InChI is InChI=1S/C20H23NO3S/c1-3-24-18-8-4-15(12-19(18)23-2)5-9-20(22)21(17-6-7-17)13-16-10-11-25-14-16/h4-5,8-12,14,17H,3,6-7,13H2,1-2H3/b9-5+. The number of carbonyl (C=O) groups excluding carboxylic acids is 1. The van der Waals surface area contributed by atoms with Gasteiger partial charge < -0.3 is 14.4 Å². The molecule has 5 heteroatoms. The van der Waals surface area contributed by atoms with Crippen LogP contribution in [0.5, 0.6) is 11.5 Å². The van der Waals surface area contributed by atoms with Crippen LogP contribution in [-0.4, -0.2) is 30.6 Å². The first-order valence-electron chi connectivity index (χ1n) is 8.52. The lowest BCUT2D eigenvalue weighted by molar-refractivity contribution is -0.127. The molecule has 0 N–H and O–H groups in total. The van der Waals surface area contributed by atoms with Crippen LogP contribution in [0.3, 0.4) is 0 Å². The minimum atomic E-state index is 0.0570.